The monoisotopic (exact) mass is 1180 g/mol. The molecule has 0 radical (unpaired) electrons. The van der Waals surface area contributed by atoms with Crippen LogP contribution in [0.3, 0.4) is 0 Å². The van der Waals surface area contributed by atoms with Crippen molar-refractivity contribution in [3.63, 3.8) is 0 Å². The van der Waals surface area contributed by atoms with Gasteiger partial charge in [-0.05, 0) is 72.8 Å². The van der Waals surface area contributed by atoms with Crippen LogP contribution in [0.1, 0.15) is 114 Å². The number of amides is 6. The van der Waals surface area contributed by atoms with Crippen LogP contribution in [0.4, 0.5) is 51.2 Å². The molecule has 6 aliphatic heterocycles. The van der Waals surface area contributed by atoms with Gasteiger partial charge in [0, 0.05) is 56.4 Å². The van der Waals surface area contributed by atoms with Gasteiger partial charge in [-0.25, -0.2) is 0 Å². The average Bonchev–Trinajstić information content (AvgIpc) is 2.21. The van der Waals surface area contributed by atoms with Crippen LogP contribution < -0.4 is 55.6 Å². The minimum Gasteiger partial charge on any atom is -0.364 e. The van der Waals surface area contributed by atoms with E-state index in [-0.39, 0.29) is 35.4 Å². The summed E-state index contributed by atoms with van der Waals surface area (Å²) < 4.78 is 0. The third kappa shape index (κ3) is 21.2. The Morgan fingerprint density at radius 2 is 0.605 bits per heavy atom. The third-order valence-electron chi connectivity index (χ3n) is 12.7. The lowest BCUT2D eigenvalue weighted by Crippen LogP contribution is -2.42. The molecule has 0 unspecified atom stereocenters. The van der Waals surface area contributed by atoms with Crippen molar-refractivity contribution in [2.24, 2.45) is 0 Å². The van der Waals surface area contributed by atoms with Crippen LogP contribution >= 0.6 is 0 Å². The minimum atomic E-state index is 0.0173. The van der Waals surface area contributed by atoms with Crippen LogP contribution in [0.25, 0.3) is 0 Å². The Morgan fingerprint density at radius 1 is 0.302 bits per heavy atom. The Balaban J connectivity index is 0.000000498. The van der Waals surface area contributed by atoms with Gasteiger partial charge in [0.15, 0.2) is 0 Å². The van der Waals surface area contributed by atoms with Crippen LogP contribution in [-0.4, -0.2) is 136 Å². The highest BCUT2D eigenvalue weighted by Crippen LogP contribution is 2.32. The molecule has 468 valence electrons. The van der Waals surface area contributed by atoms with E-state index in [4.69, 9.17) is 0 Å². The zero-order valence-corrected chi connectivity index (χ0v) is 55.1. The fraction of sp³-hybridized carbons (Fsp3) is 0.382. The van der Waals surface area contributed by atoms with Gasteiger partial charge in [-0.15, -0.1) is 0 Å². The van der Waals surface area contributed by atoms with Crippen LogP contribution in [0.15, 0.2) is 146 Å². The molecule has 6 heterocycles. The molecule has 0 bridgehead atoms. The molecule has 0 aromatic heterocycles. The van der Waals surface area contributed by atoms with E-state index in [2.05, 4.69) is 26.2 Å². The molecule has 0 spiro atoms. The Morgan fingerprint density at radius 3 is 0.988 bits per heavy atom. The number of carbonyl (C=O) groups is 6. The standard InChI is InChI=1S/2C10H12N2O.4C9H10N2O.6C2H6/c1-11-7-12(2)10(13)8-5-3-4-6-9(8)11;1-11-7-10(13)12(2)9-6-4-3-5-8(9)11;2*1-11-6-10-9(12)7-4-2-3-5-8(7)11;2*1-11-6-9(12)10-7-4-2-3-5-8(7)11;6*1-2/h2*3-6H,7H2,1-2H3;4*2-5H,6H2,1H3,(H,10,12);6*1-2H3. The molecule has 18 nitrogen and oxygen atoms in total. The van der Waals surface area contributed by atoms with Gasteiger partial charge < -0.3 is 60.5 Å². The fourth-order valence-electron chi connectivity index (χ4n) is 8.79. The second-order valence-electron chi connectivity index (χ2n) is 18.3. The van der Waals surface area contributed by atoms with Crippen molar-refractivity contribution in [3.05, 3.63) is 162 Å². The number of rotatable bonds is 0. The SMILES string of the molecule is CC.CC.CC.CC.CC.CC.CN1CC(=O)N(C)c2ccccc21.CN1CC(=O)Nc2ccccc21.CN1CC(=O)Nc2ccccc21.CN1CN(C)c2ccccc2C1=O.CN1CNC(=O)c2ccccc21.CN1CNC(=O)c2ccccc21. The summed E-state index contributed by atoms with van der Waals surface area (Å²) in [5.74, 6) is 0.384. The summed E-state index contributed by atoms with van der Waals surface area (Å²) in [6.07, 6.45) is 0. The molecule has 6 aromatic rings. The second kappa shape index (κ2) is 40.2. The Bertz CT molecular complexity index is 2900. The number of carbonyl (C=O) groups excluding carboxylic acids is 6. The quantitative estimate of drug-likeness (QED) is 0.113. The first-order valence-corrected chi connectivity index (χ1v) is 30.0. The molecular formula is C68H100N12O6. The highest BCUT2D eigenvalue weighted by atomic mass is 16.2. The zero-order valence-electron chi connectivity index (χ0n) is 55.1. The van der Waals surface area contributed by atoms with Crippen molar-refractivity contribution >= 4 is 86.6 Å². The number of anilines is 9. The first-order chi connectivity index (χ1) is 41.5. The smallest absolute Gasteiger partial charge is 0.257 e. The molecule has 6 aliphatic rings. The van der Waals surface area contributed by atoms with Gasteiger partial charge in [0.2, 0.25) is 17.7 Å². The van der Waals surface area contributed by atoms with Crippen LogP contribution in [-0.2, 0) is 14.4 Å². The Kier molecular flexibility index (Phi) is 35.1. The molecule has 0 aliphatic carbocycles. The average molecular weight is 1180 g/mol. The number of para-hydroxylation sites is 9. The van der Waals surface area contributed by atoms with Crippen molar-refractivity contribution in [1.29, 1.82) is 0 Å². The van der Waals surface area contributed by atoms with E-state index in [1.54, 1.807) is 9.80 Å². The van der Waals surface area contributed by atoms with Crippen molar-refractivity contribution in [2.45, 2.75) is 83.1 Å². The van der Waals surface area contributed by atoms with Gasteiger partial charge in [0.05, 0.1) is 108 Å². The van der Waals surface area contributed by atoms with Crippen LogP contribution in [0, 0.1) is 0 Å². The van der Waals surface area contributed by atoms with E-state index in [0.717, 1.165) is 67.9 Å². The fourth-order valence-corrected chi connectivity index (χ4v) is 8.79. The lowest BCUT2D eigenvalue weighted by molar-refractivity contribution is -0.117. The molecule has 0 fully saturated rings. The topological polar surface area (TPSA) is 176 Å². The van der Waals surface area contributed by atoms with Gasteiger partial charge in [-0.3, -0.25) is 28.8 Å². The van der Waals surface area contributed by atoms with Gasteiger partial charge in [-0.1, -0.05) is 156 Å². The number of likely N-dealkylation sites (N-methyl/N-ethyl adjacent to an activating group) is 4. The van der Waals surface area contributed by atoms with Crippen LogP contribution in [0.5, 0.6) is 0 Å². The van der Waals surface area contributed by atoms with E-state index in [1.807, 2.05) is 310 Å². The minimum absolute atomic E-state index is 0.0173. The first-order valence-electron chi connectivity index (χ1n) is 30.0. The third-order valence-corrected chi connectivity index (χ3v) is 12.7. The van der Waals surface area contributed by atoms with Crippen molar-refractivity contribution < 1.29 is 28.8 Å². The molecule has 6 amide bonds. The van der Waals surface area contributed by atoms with Gasteiger partial charge in [0.25, 0.3) is 17.7 Å². The summed E-state index contributed by atoms with van der Waals surface area (Å²) >= 11 is 0. The number of hydrogen-bond donors (Lipinski definition) is 4. The van der Waals surface area contributed by atoms with Crippen LogP contribution in [0.2, 0.25) is 0 Å². The molecule has 86 heavy (non-hydrogen) atoms. The highest BCUT2D eigenvalue weighted by Gasteiger charge is 2.26. The number of hydrogen-bond acceptors (Lipinski definition) is 12. The number of nitrogens with zero attached hydrogens (tertiary/aromatic N) is 8. The predicted octanol–water partition coefficient (Wildman–Crippen LogP) is 12.2. The van der Waals surface area contributed by atoms with Crippen molar-refractivity contribution in [1.82, 2.24) is 15.5 Å². The lowest BCUT2D eigenvalue weighted by atomic mass is 10.1. The first kappa shape index (κ1) is 75.0. The maximum atomic E-state index is 11.7. The maximum absolute atomic E-state index is 11.7. The molecule has 0 saturated heterocycles. The lowest BCUT2D eigenvalue weighted by Gasteiger charge is -2.33. The number of nitrogens with one attached hydrogen (secondary N) is 4. The summed E-state index contributed by atoms with van der Waals surface area (Å²) in [6, 6.07) is 46.4. The van der Waals surface area contributed by atoms with Gasteiger partial charge in [-0.2, -0.15) is 0 Å². The largest absolute Gasteiger partial charge is 0.364 e. The second-order valence-corrected chi connectivity index (χ2v) is 18.3. The number of fused-ring (bicyclic) bond motifs is 6. The summed E-state index contributed by atoms with van der Waals surface area (Å²) in [7, 11) is 15.3. The van der Waals surface area contributed by atoms with Gasteiger partial charge in [0.1, 0.15) is 0 Å². The van der Waals surface area contributed by atoms with Crippen molar-refractivity contribution in [2.75, 3.05) is 141 Å². The number of benzene rings is 6. The van der Waals surface area contributed by atoms with E-state index >= 15 is 0 Å². The molecular weight excluding hydrogens is 1080 g/mol. The van der Waals surface area contributed by atoms with Crippen molar-refractivity contribution in [3.8, 4) is 0 Å². The molecule has 0 saturated carbocycles. The summed E-state index contributed by atoms with van der Waals surface area (Å²) in [5.41, 5.74) is 11.4. The zero-order chi connectivity index (χ0) is 65.1. The highest BCUT2D eigenvalue weighted by molar-refractivity contribution is 6.05. The summed E-state index contributed by atoms with van der Waals surface area (Å²) in [4.78, 5) is 83.2. The molecule has 6 aromatic carbocycles. The molecule has 0 atom stereocenters. The molecule has 18 heteroatoms. The van der Waals surface area contributed by atoms with E-state index < -0.39 is 0 Å². The van der Waals surface area contributed by atoms with E-state index in [1.165, 1.54) is 0 Å². The summed E-state index contributed by atoms with van der Waals surface area (Å²) in [6.45, 7) is 27.2. The predicted molar refractivity (Wildman–Crippen MR) is 364 cm³/mol. The molecule has 4 N–H and O–H groups in total. The Hall–Kier alpha value is -9.06. The maximum Gasteiger partial charge on any atom is 0.257 e. The Labute approximate surface area is 515 Å². The molecule has 12 rings (SSSR count). The van der Waals surface area contributed by atoms with E-state index in [0.29, 0.717) is 39.6 Å². The normalized spacial score (nSPS) is 13.9. The van der Waals surface area contributed by atoms with Gasteiger partial charge >= 0.3 is 0 Å². The summed E-state index contributed by atoms with van der Waals surface area (Å²) in [5, 5.41) is 11.2. The van der Waals surface area contributed by atoms with E-state index in [9.17, 15) is 28.8 Å².